The third kappa shape index (κ3) is 5.44. The molecule has 0 aliphatic rings. The van der Waals surface area contributed by atoms with Gasteiger partial charge in [-0.2, -0.15) is 0 Å². The van der Waals surface area contributed by atoms with Crippen LogP contribution >= 0.6 is 11.6 Å². The summed E-state index contributed by atoms with van der Waals surface area (Å²) < 4.78 is 38.3. The summed E-state index contributed by atoms with van der Waals surface area (Å²) in [6.45, 7) is 1.89. The van der Waals surface area contributed by atoms with Crippen molar-refractivity contribution < 1.29 is 17.6 Å². The maximum Gasteiger partial charge on any atom is 0.232 e. The van der Waals surface area contributed by atoms with Gasteiger partial charge in [0.25, 0.3) is 0 Å². The van der Waals surface area contributed by atoms with Crippen LogP contribution in [0.5, 0.6) is 0 Å². The average molecular weight is 385 g/mol. The summed E-state index contributed by atoms with van der Waals surface area (Å²) in [5.74, 6) is -0.981. The Labute approximate surface area is 151 Å². The van der Waals surface area contributed by atoms with Gasteiger partial charge in [0.05, 0.1) is 17.0 Å². The number of nitrogens with one attached hydrogen (secondary N) is 1. The average Bonchev–Trinajstić information content (AvgIpc) is 2.51. The topological polar surface area (TPSA) is 66.5 Å². The number of hydrogen-bond acceptors (Lipinski definition) is 3. The standard InChI is InChI=1S/C17H18ClFN2O3S/c1-12-3-6-14(7-4-12)21(25(2,23)24)10-9-17(22)20-13-5-8-16(19)15(18)11-13/h3-8,11H,9-10H2,1-2H3,(H,20,22). The third-order valence-corrected chi connectivity index (χ3v) is 4.95. The molecular weight excluding hydrogens is 367 g/mol. The molecule has 5 nitrogen and oxygen atoms in total. The molecule has 0 fully saturated rings. The van der Waals surface area contributed by atoms with E-state index in [1.165, 1.54) is 16.4 Å². The van der Waals surface area contributed by atoms with Gasteiger partial charge in [-0.25, -0.2) is 12.8 Å². The predicted molar refractivity (Wildman–Crippen MR) is 98.0 cm³/mol. The van der Waals surface area contributed by atoms with Gasteiger partial charge in [0, 0.05) is 18.7 Å². The van der Waals surface area contributed by atoms with Crippen LogP contribution in [0.2, 0.25) is 5.02 Å². The highest BCUT2D eigenvalue weighted by molar-refractivity contribution is 7.92. The Morgan fingerprint density at radius 1 is 1.20 bits per heavy atom. The van der Waals surface area contributed by atoms with Crippen molar-refractivity contribution in [3.8, 4) is 0 Å². The second-order valence-corrected chi connectivity index (χ2v) is 7.91. The molecule has 1 amide bonds. The Balaban J connectivity index is 2.06. The van der Waals surface area contributed by atoms with Crippen LogP contribution in [-0.2, 0) is 14.8 Å². The first-order valence-corrected chi connectivity index (χ1v) is 9.69. The summed E-state index contributed by atoms with van der Waals surface area (Å²) >= 11 is 5.66. The smallest absolute Gasteiger partial charge is 0.232 e. The molecule has 134 valence electrons. The molecule has 0 aliphatic heterocycles. The van der Waals surface area contributed by atoms with Gasteiger partial charge in [-0.1, -0.05) is 29.3 Å². The number of carbonyl (C=O) groups is 1. The lowest BCUT2D eigenvalue weighted by atomic mass is 10.2. The maximum absolute atomic E-state index is 13.1. The Morgan fingerprint density at radius 2 is 1.84 bits per heavy atom. The first-order chi connectivity index (χ1) is 11.7. The number of benzene rings is 2. The van der Waals surface area contributed by atoms with Gasteiger partial charge in [0.1, 0.15) is 5.82 Å². The number of nitrogens with zero attached hydrogens (tertiary/aromatic N) is 1. The Bertz CT molecular complexity index is 870. The number of anilines is 2. The highest BCUT2D eigenvalue weighted by atomic mass is 35.5. The zero-order valence-corrected chi connectivity index (χ0v) is 15.4. The summed E-state index contributed by atoms with van der Waals surface area (Å²) in [6.07, 6.45) is 1.03. The quantitative estimate of drug-likeness (QED) is 0.827. The van der Waals surface area contributed by atoms with E-state index >= 15 is 0 Å². The number of carbonyl (C=O) groups excluding carboxylic acids is 1. The Morgan fingerprint density at radius 3 is 2.40 bits per heavy atom. The van der Waals surface area contributed by atoms with Crippen LogP contribution in [0, 0.1) is 12.7 Å². The highest BCUT2D eigenvalue weighted by Gasteiger charge is 2.18. The maximum atomic E-state index is 13.1. The number of rotatable bonds is 6. The monoisotopic (exact) mass is 384 g/mol. The molecule has 25 heavy (non-hydrogen) atoms. The minimum atomic E-state index is -3.53. The lowest BCUT2D eigenvalue weighted by Crippen LogP contribution is -2.33. The molecule has 0 spiro atoms. The summed E-state index contributed by atoms with van der Waals surface area (Å²) in [6, 6.07) is 10.8. The molecule has 1 N–H and O–H groups in total. The predicted octanol–water partition coefficient (Wildman–Crippen LogP) is 3.58. The van der Waals surface area contributed by atoms with E-state index in [-0.39, 0.29) is 18.0 Å². The van der Waals surface area contributed by atoms with Gasteiger partial charge < -0.3 is 5.32 Å². The van der Waals surface area contributed by atoms with E-state index in [1.54, 1.807) is 24.3 Å². The highest BCUT2D eigenvalue weighted by Crippen LogP contribution is 2.21. The van der Waals surface area contributed by atoms with Crippen LogP contribution in [0.15, 0.2) is 42.5 Å². The van der Waals surface area contributed by atoms with Crippen LogP contribution in [0.3, 0.4) is 0 Å². The number of halogens is 2. The molecule has 0 atom stereocenters. The van der Waals surface area contributed by atoms with E-state index in [0.717, 1.165) is 17.9 Å². The van der Waals surface area contributed by atoms with Gasteiger partial charge >= 0.3 is 0 Å². The van der Waals surface area contributed by atoms with Crippen LogP contribution in [0.4, 0.5) is 15.8 Å². The second kappa shape index (κ2) is 7.84. The minimum absolute atomic E-state index is 0.0113. The van der Waals surface area contributed by atoms with Crippen molar-refractivity contribution in [2.24, 2.45) is 0 Å². The molecule has 0 aliphatic carbocycles. The van der Waals surface area contributed by atoms with Crippen molar-refractivity contribution in [1.29, 1.82) is 0 Å². The molecule has 0 saturated carbocycles. The summed E-state index contributed by atoms with van der Waals surface area (Å²) in [5, 5.41) is 2.46. The molecule has 2 aromatic rings. The van der Waals surface area contributed by atoms with E-state index < -0.39 is 21.7 Å². The van der Waals surface area contributed by atoms with Crippen LogP contribution < -0.4 is 9.62 Å². The molecule has 0 saturated heterocycles. The number of hydrogen-bond donors (Lipinski definition) is 1. The van der Waals surface area contributed by atoms with Gasteiger partial charge in [-0.15, -0.1) is 0 Å². The lowest BCUT2D eigenvalue weighted by Gasteiger charge is -2.22. The van der Waals surface area contributed by atoms with Crippen LogP contribution in [0.1, 0.15) is 12.0 Å². The summed E-state index contributed by atoms with van der Waals surface area (Å²) in [5.41, 5.74) is 1.84. The van der Waals surface area contributed by atoms with Crippen molar-refractivity contribution in [1.82, 2.24) is 0 Å². The van der Waals surface area contributed by atoms with Crippen molar-refractivity contribution >= 4 is 38.9 Å². The summed E-state index contributed by atoms with van der Waals surface area (Å²) in [7, 11) is -3.53. The van der Waals surface area contributed by atoms with E-state index in [2.05, 4.69) is 5.32 Å². The Hall–Kier alpha value is -2.12. The Kier molecular flexibility index (Phi) is 6.02. The second-order valence-electron chi connectivity index (χ2n) is 5.60. The summed E-state index contributed by atoms with van der Waals surface area (Å²) in [4.78, 5) is 12.1. The van der Waals surface area contributed by atoms with Gasteiger partial charge in [-0.3, -0.25) is 9.10 Å². The zero-order valence-electron chi connectivity index (χ0n) is 13.8. The molecular formula is C17H18ClFN2O3S. The van der Waals surface area contributed by atoms with E-state index in [1.807, 2.05) is 6.92 Å². The molecule has 0 radical (unpaired) electrons. The molecule has 0 heterocycles. The fourth-order valence-corrected chi connectivity index (χ4v) is 3.31. The zero-order chi connectivity index (χ0) is 18.6. The SMILES string of the molecule is Cc1ccc(N(CCC(=O)Nc2ccc(F)c(Cl)c2)S(C)(=O)=O)cc1. The van der Waals surface area contributed by atoms with E-state index in [4.69, 9.17) is 11.6 Å². The number of sulfonamides is 1. The minimum Gasteiger partial charge on any atom is -0.326 e. The molecule has 0 bridgehead atoms. The van der Waals surface area contributed by atoms with Crippen molar-refractivity contribution in [2.45, 2.75) is 13.3 Å². The third-order valence-electron chi connectivity index (χ3n) is 3.47. The number of aryl methyl sites for hydroxylation is 1. The van der Waals surface area contributed by atoms with Crippen molar-refractivity contribution in [3.63, 3.8) is 0 Å². The largest absolute Gasteiger partial charge is 0.326 e. The van der Waals surface area contributed by atoms with Gasteiger partial charge in [0.15, 0.2) is 0 Å². The first kappa shape index (κ1) is 19.2. The van der Waals surface area contributed by atoms with E-state index in [9.17, 15) is 17.6 Å². The molecule has 0 aromatic heterocycles. The fourth-order valence-electron chi connectivity index (χ4n) is 2.20. The molecule has 2 aromatic carbocycles. The van der Waals surface area contributed by atoms with Crippen LogP contribution in [-0.4, -0.2) is 27.1 Å². The van der Waals surface area contributed by atoms with E-state index in [0.29, 0.717) is 11.4 Å². The first-order valence-electron chi connectivity index (χ1n) is 7.46. The molecule has 2 rings (SSSR count). The van der Waals surface area contributed by atoms with Gasteiger partial charge in [-0.05, 0) is 37.3 Å². The van der Waals surface area contributed by atoms with Crippen molar-refractivity contribution in [3.05, 3.63) is 58.9 Å². The molecule has 8 heteroatoms. The van der Waals surface area contributed by atoms with Gasteiger partial charge in [0.2, 0.25) is 15.9 Å². The molecule has 0 unspecified atom stereocenters. The number of amides is 1. The normalized spacial score (nSPS) is 11.2. The van der Waals surface area contributed by atoms with Crippen LogP contribution in [0.25, 0.3) is 0 Å². The van der Waals surface area contributed by atoms with Crippen molar-refractivity contribution in [2.75, 3.05) is 22.4 Å². The lowest BCUT2D eigenvalue weighted by molar-refractivity contribution is -0.116. The fraction of sp³-hybridized carbons (Fsp3) is 0.235.